The molecule has 1 atom stereocenters. The molecule has 1 aromatic heterocycles. The molecule has 3 rings (SSSR count). The number of benzene rings is 2. The molecule has 0 fully saturated rings. The Hall–Kier alpha value is -2.96. The molecule has 154 valence electrons. The summed E-state index contributed by atoms with van der Waals surface area (Å²) in [6, 6.07) is 19.6. The van der Waals surface area contributed by atoms with E-state index in [9.17, 15) is 14.4 Å². The number of hydrogen-bond acceptors (Lipinski definition) is 5. The van der Waals surface area contributed by atoms with Crippen molar-refractivity contribution in [3.05, 3.63) is 93.1 Å². The van der Waals surface area contributed by atoms with Crippen molar-refractivity contribution >= 4 is 40.6 Å². The predicted octanol–water partition coefficient (Wildman–Crippen LogP) is 4.81. The quantitative estimate of drug-likeness (QED) is 0.382. The average Bonchev–Trinajstić information content (AvgIpc) is 3.30. The van der Waals surface area contributed by atoms with Crippen molar-refractivity contribution in [1.82, 2.24) is 5.32 Å². The van der Waals surface area contributed by atoms with Crippen molar-refractivity contribution in [3.63, 3.8) is 0 Å². The Morgan fingerprint density at radius 3 is 2.33 bits per heavy atom. The van der Waals surface area contributed by atoms with Gasteiger partial charge in [-0.15, -0.1) is 11.3 Å². The minimum absolute atomic E-state index is 0.00389. The van der Waals surface area contributed by atoms with E-state index in [0.717, 1.165) is 10.4 Å². The van der Waals surface area contributed by atoms with Crippen LogP contribution >= 0.6 is 22.9 Å². The van der Waals surface area contributed by atoms with Crippen LogP contribution in [0.1, 0.15) is 39.7 Å². The highest BCUT2D eigenvalue weighted by Gasteiger charge is 2.19. The summed E-state index contributed by atoms with van der Waals surface area (Å²) in [5, 5.41) is 5.38. The maximum atomic E-state index is 12.4. The van der Waals surface area contributed by atoms with E-state index in [0.29, 0.717) is 10.6 Å². The smallest absolute Gasteiger partial charge is 0.306 e. The van der Waals surface area contributed by atoms with Gasteiger partial charge in [0.15, 0.2) is 12.4 Å². The van der Waals surface area contributed by atoms with E-state index in [1.807, 2.05) is 47.8 Å². The fourth-order valence-corrected chi connectivity index (χ4v) is 3.76. The van der Waals surface area contributed by atoms with E-state index < -0.39 is 18.5 Å². The molecule has 5 nitrogen and oxygen atoms in total. The molecule has 3 aromatic rings. The lowest BCUT2D eigenvalue weighted by molar-refractivity contribution is -0.148. The molecule has 1 heterocycles. The van der Waals surface area contributed by atoms with Gasteiger partial charge in [-0.2, -0.15) is 0 Å². The maximum Gasteiger partial charge on any atom is 0.306 e. The SMILES string of the molecule is O=C(COC(=O)CCC(=O)c1ccc(Cl)cc1)NC(c1ccccc1)c1cccs1. The molecule has 0 aliphatic carbocycles. The van der Waals surface area contributed by atoms with Gasteiger partial charge >= 0.3 is 5.97 Å². The van der Waals surface area contributed by atoms with Crippen molar-refractivity contribution in [3.8, 4) is 0 Å². The Bertz CT molecular complexity index is 988. The van der Waals surface area contributed by atoms with E-state index >= 15 is 0 Å². The third kappa shape index (κ3) is 6.27. The number of halogens is 1. The van der Waals surface area contributed by atoms with Crippen LogP contribution in [0.5, 0.6) is 0 Å². The highest BCUT2D eigenvalue weighted by Crippen LogP contribution is 2.25. The molecular formula is C23H20ClNO4S. The van der Waals surface area contributed by atoms with Crippen LogP contribution in [0.25, 0.3) is 0 Å². The van der Waals surface area contributed by atoms with Gasteiger partial charge in [0.05, 0.1) is 12.5 Å². The molecule has 0 saturated carbocycles. The number of rotatable bonds is 9. The van der Waals surface area contributed by atoms with Gasteiger partial charge < -0.3 is 10.1 Å². The van der Waals surface area contributed by atoms with Gasteiger partial charge in [0, 0.05) is 21.9 Å². The third-order valence-corrected chi connectivity index (χ3v) is 5.54. The molecule has 1 unspecified atom stereocenters. The highest BCUT2D eigenvalue weighted by molar-refractivity contribution is 7.10. The van der Waals surface area contributed by atoms with Gasteiger partial charge in [-0.05, 0) is 41.3 Å². The normalized spacial score (nSPS) is 11.5. The Balaban J connectivity index is 1.48. The van der Waals surface area contributed by atoms with E-state index in [4.69, 9.17) is 16.3 Å². The number of amides is 1. The fraction of sp³-hybridized carbons (Fsp3) is 0.174. The van der Waals surface area contributed by atoms with Crippen LogP contribution < -0.4 is 5.32 Å². The van der Waals surface area contributed by atoms with Crippen LogP contribution in [0.15, 0.2) is 72.1 Å². The van der Waals surface area contributed by atoms with Gasteiger partial charge in [0.25, 0.3) is 5.91 Å². The van der Waals surface area contributed by atoms with E-state index in [-0.39, 0.29) is 24.7 Å². The number of ether oxygens (including phenoxy) is 1. The lowest BCUT2D eigenvalue weighted by Gasteiger charge is -2.18. The summed E-state index contributed by atoms with van der Waals surface area (Å²) in [6.45, 7) is -0.400. The van der Waals surface area contributed by atoms with Gasteiger partial charge in [-0.1, -0.05) is 48.0 Å². The molecule has 30 heavy (non-hydrogen) atoms. The summed E-state index contributed by atoms with van der Waals surface area (Å²) in [6.07, 6.45) is -0.0916. The Labute approximate surface area is 183 Å². The van der Waals surface area contributed by atoms with Crippen LogP contribution in [-0.4, -0.2) is 24.3 Å². The second-order valence-electron chi connectivity index (χ2n) is 6.52. The number of carbonyl (C=O) groups excluding carboxylic acids is 3. The summed E-state index contributed by atoms with van der Waals surface area (Å²) >= 11 is 7.33. The number of nitrogens with one attached hydrogen (secondary N) is 1. The molecule has 2 aromatic carbocycles. The summed E-state index contributed by atoms with van der Waals surface area (Å²) in [4.78, 5) is 37.4. The average molecular weight is 442 g/mol. The zero-order valence-corrected chi connectivity index (χ0v) is 17.6. The summed E-state index contributed by atoms with van der Waals surface area (Å²) in [7, 11) is 0. The van der Waals surface area contributed by atoms with Crippen molar-refractivity contribution < 1.29 is 19.1 Å². The second kappa shape index (κ2) is 10.7. The van der Waals surface area contributed by atoms with Crippen LogP contribution in [-0.2, 0) is 14.3 Å². The first kappa shape index (κ1) is 21.7. The number of Topliss-reactive ketones (excluding diaryl/α,β-unsaturated/α-hetero) is 1. The maximum absolute atomic E-state index is 12.4. The highest BCUT2D eigenvalue weighted by atomic mass is 35.5. The number of thiophene rings is 1. The van der Waals surface area contributed by atoms with Crippen molar-refractivity contribution in [2.75, 3.05) is 6.61 Å². The minimum atomic E-state index is -0.597. The standard InChI is InChI=1S/C23H20ClNO4S/c24-18-10-8-16(9-11-18)19(26)12-13-22(28)29-15-21(27)25-23(20-7-4-14-30-20)17-5-2-1-3-6-17/h1-11,14,23H,12-13,15H2,(H,25,27). The number of hydrogen-bond donors (Lipinski definition) is 1. The molecule has 1 amide bonds. The van der Waals surface area contributed by atoms with Gasteiger partial charge in [0.1, 0.15) is 0 Å². The van der Waals surface area contributed by atoms with Crippen molar-refractivity contribution in [1.29, 1.82) is 0 Å². The monoisotopic (exact) mass is 441 g/mol. The van der Waals surface area contributed by atoms with Gasteiger partial charge in [-0.3, -0.25) is 14.4 Å². The molecule has 0 saturated heterocycles. The van der Waals surface area contributed by atoms with Crippen LogP contribution in [0.3, 0.4) is 0 Å². The molecule has 0 radical (unpaired) electrons. The van der Waals surface area contributed by atoms with Crippen LogP contribution in [0.4, 0.5) is 0 Å². The predicted molar refractivity (Wildman–Crippen MR) is 117 cm³/mol. The first-order valence-electron chi connectivity index (χ1n) is 9.35. The zero-order valence-electron chi connectivity index (χ0n) is 16.0. The lowest BCUT2D eigenvalue weighted by Crippen LogP contribution is -2.32. The molecule has 7 heteroatoms. The van der Waals surface area contributed by atoms with Gasteiger partial charge in [-0.25, -0.2) is 0 Å². The topological polar surface area (TPSA) is 72.5 Å². The largest absolute Gasteiger partial charge is 0.456 e. The van der Waals surface area contributed by atoms with Crippen LogP contribution in [0.2, 0.25) is 5.02 Å². The van der Waals surface area contributed by atoms with Crippen molar-refractivity contribution in [2.45, 2.75) is 18.9 Å². The Morgan fingerprint density at radius 2 is 1.67 bits per heavy atom. The van der Waals surface area contributed by atoms with Crippen LogP contribution in [0, 0.1) is 0 Å². The fourth-order valence-electron chi connectivity index (χ4n) is 2.84. The molecule has 0 aliphatic heterocycles. The third-order valence-electron chi connectivity index (χ3n) is 4.35. The zero-order chi connectivity index (χ0) is 21.3. The number of carbonyl (C=O) groups is 3. The number of ketones is 1. The molecular weight excluding hydrogens is 422 g/mol. The Kier molecular flexibility index (Phi) is 7.76. The first-order chi connectivity index (χ1) is 14.5. The van der Waals surface area contributed by atoms with Crippen molar-refractivity contribution in [2.24, 2.45) is 0 Å². The minimum Gasteiger partial charge on any atom is -0.456 e. The molecule has 0 aliphatic rings. The van der Waals surface area contributed by atoms with E-state index in [1.165, 1.54) is 11.3 Å². The summed E-state index contributed by atoms with van der Waals surface area (Å²) < 4.78 is 5.04. The molecule has 0 spiro atoms. The van der Waals surface area contributed by atoms with Gasteiger partial charge in [0.2, 0.25) is 0 Å². The molecule has 0 bridgehead atoms. The van der Waals surface area contributed by atoms with E-state index in [1.54, 1.807) is 24.3 Å². The van der Waals surface area contributed by atoms with E-state index in [2.05, 4.69) is 5.32 Å². The second-order valence-corrected chi connectivity index (χ2v) is 7.93. The molecule has 1 N–H and O–H groups in total. The lowest BCUT2D eigenvalue weighted by atomic mass is 10.1. The Morgan fingerprint density at radius 1 is 0.933 bits per heavy atom. The first-order valence-corrected chi connectivity index (χ1v) is 10.6. The summed E-state index contributed by atoms with van der Waals surface area (Å²) in [5.41, 5.74) is 1.42. The summed E-state index contributed by atoms with van der Waals surface area (Å²) in [5.74, 6) is -1.19. The number of esters is 1.